The predicted octanol–water partition coefficient (Wildman–Crippen LogP) is 3.55. The molecule has 2 heterocycles. The van der Waals surface area contributed by atoms with E-state index < -0.39 is 0 Å². The van der Waals surface area contributed by atoms with Gasteiger partial charge < -0.3 is 9.84 Å². The van der Waals surface area contributed by atoms with Crippen molar-refractivity contribution in [3.8, 4) is 0 Å². The van der Waals surface area contributed by atoms with Gasteiger partial charge in [0.25, 0.3) is 0 Å². The highest BCUT2D eigenvalue weighted by molar-refractivity contribution is 7.15. The predicted molar refractivity (Wildman–Crippen MR) is 68.5 cm³/mol. The molecule has 0 atom stereocenters. The second kappa shape index (κ2) is 4.35. The van der Waals surface area contributed by atoms with Gasteiger partial charge in [0, 0.05) is 28.2 Å². The van der Waals surface area contributed by atoms with Crippen LogP contribution in [-0.2, 0) is 6.54 Å². The van der Waals surface area contributed by atoms with Crippen LogP contribution in [0, 0.1) is 0 Å². The Morgan fingerprint density at radius 3 is 3.12 bits per heavy atom. The van der Waals surface area contributed by atoms with E-state index in [1.54, 1.807) is 12.4 Å². The number of thiazole rings is 1. The number of nitrogens with zero attached hydrogens (tertiary/aromatic N) is 2. The van der Waals surface area contributed by atoms with Crippen LogP contribution in [0.1, 0.15) is 4.88 Å². The Kier molecular flexibility index (Phi) is 2.70. The molecule has 1 N–H and O–H groups in total. The van der Waals surface area contributed by atoms with E-state index >= 15 is 0 Å². The monoisotopic (exact) mass is 265 g/mol. The van der Waals surface area contributed by atoms with Crippen molar-refractivity contribution in [3.05, 3.63) is 39.9 Å². The molecule has 17 heavy (non-hydrogen) atoms. The Bertz CT molecular complexity index is 649. The molecule has 3 aromatic rings. The lowest BCUT2D eigenvalue weighted by Crippen LogP contribution is -1.96. The number of hydrogen-bond acceptors (Lipinski definition) is 5. The smallest absolute Gasteiger partial charge is 0.183 e. The summed E-state index contributed by atoms with van der Waals surface area (Å²) in [5.74, 6) is 0. The topological polar surface area (TPSA) is 51.0 Å². The summed E-state index contributed by atoms with van der Waals surface area (Å²) in [6, 6.07) is 5.88. The van der Waals surface area contributed by atoms with Crippen molar-refractivity contribution in [2.24, 2.45) is 0 Å². The van der Waals surface area contributed by atoms with Crippen LogP contribution >= 0.6 is 22.9 Å². The second-order valence-corrected chi connectivity index (χ2v) is 5.21. The minimum Gasteiger partial charge on any atom is -0.380 e. The highest BCUT2D eigenvalue weighted by Crippen LogP contribution is 2.21. The summed E-state index contributed by atoms with van der Waals surface area (Å²) in [7, 11) is 0. The fraction of sp³-hybridized carbons (Fsp3) is 0.0909. The third-order valence-electron chi connectivity index (χ3n) is 2.35. The van der Waals surface area contributed by atoms with Gasteiger partial charge in [-0.05, 0) is 12.1 Å². The van der Waals surface area contributed by atoms with E-state index in [0.29, 0.717) is 11.0 Å². The van der Waals surface area contributed by atoms with Gasteiger partial charge in [-0.25, -0.2) is 4.98 Å². The molecule has 0 aliphatic heterocycles. The van der Waals surface area contributed by atoms with Crippen molar-refractivity contribution in [1.29, 1.82) is 0 Å². The molecule has 0 bridgehead atoms. The van der Waals surface area contributed by atoms with Crippen LogP contribution < -0.4 is 5.32 Å². The molecule has 3 rings (SSSR count). The molecule has 0 radical (unpaired) electrons. The molecular weight excluding hydrogens is 258 g/mol. The Labute approximate surface area is 106 Å². The fourth-order valence-corrected chi connectivity index (χ4v) is 2.44. The van der Waals surface area contributed by atoms with Crippen molar-refractivity contribution < 1.29 is 4.52 Å². The van der Waals surface area contributed by atoms with E-state index in [1.165, 1.54) is 11.3 Å². The first-order valence-electron chi connectivity index (χ1n) is 5.00. The van der Waals surface area contributed by atoms with E-state index in [9.17, 15) is 0 Å². The van der Waals surface area contributed by atoms with Crippen LogP contribution in [0.15, 0.2) is 35.1 Å². The quantitative estimate of drug-likeness (QED) is 0.787. The standard InChI is InChI=1S/C11H8ClN3OS/c12-11-14-6-9(17-11)5-13-8-2-1-7-4-15-16-10(7)3-8/h1-4,6,13H,5H2. The number of anilines is 1. The number of hydrogen-bond donors (Lipinski definition) is 1. The molecule has 0 aliphatic carbocycles. The molecule has 6 heteroatoms. The number of rotatable bonds is 3. The average Bonchev–Trinajstić information content (AvgIpc) is 2.94. The summed E-state index contributed by atoms with van der Waals surface area (Å²) >= 11 is 7.23. The first kappa shape index (κ1) is 10.6. The summed E-state index contributed by atoms with van der Waals surface area (Å²) in [6.45, 7) is 0.698. The van der Waals surface area contributed by atoms with Gasteiger partial charge in [-0.15, -0.1) is 11.3 Å². The van der Waals surface area contributed by atoms with E-state index in [4.69, 9.17) is 16.1 Å². The lowest BCUT2D eigenvalue weighted by Gasteiger charge is -2.03. The number of halogens is 1. The number of fused-ring (bicyclic) bond motifs is 1. The maximum atomic E-state index is 5.76. The zero-order valence-corrected chi connectivity index (χ0v) is 10.3. The van der Waals surface area contributed by atoms with Crippen molar-refractivity contribution >= 4 is 39.6 Å². The maximum absolute atomic E-state index is 5.76. The highest BCUT2D eigenvalue weighted by atomic mass is 35.5. The summed E-state index contributed by atoms with van der Waals surface area (Å²) in [5.41, 5.74) is 1.76. The molecule has 0 aliphatic rings. The highest BCUT2D eigenvalue weighted by Gasteiger charge is 2.02. The molecule has 0 saturated heterocycles. The molecule has 1 aromatic carbocycles. The zero-order chi connectivity index (χ0) is 11.7. The summed E-state index contributed by atoms with van der Waals surface area (Å²) in [4.78, 5) is 5.08. The minimum atomic E-state index is 0.562. The van der Waals surface area contributed by atoms with Crippen LogP contribution in [0.3, 0.4) is 0 Å². The molecule has 4 nitrogen and oxygen atoms in total. The third kappa shape index (κ3) is 2.25. The Hall–Kier alpha value is -1.59. The van der Waals surface area contributed by atoms with Crippen LogP contribution in [0.25, 0.3) is 11.0 Å². The molecule has 2 aromatic heterocycles. The number of benzene rings is 1. The van der Waals surface area contributed by atoms with Gasteiger partial charge in [0.15, 0.2) is 10.0 Å². The van der Waals surface area contributed by atoms with E-state index in [1.807, 2.05) is 18.2 Å². The van der Waals surface area contributed by atoms with Gasteiger partial charge in [-0.1, -0.05) is 16.8 Å². The molecular formula is C11H8ClN3OS. The summed E-state index contributed by atoms with van der Waals surface area (Å²) in [6.07, 6.45) is 3.47. The lowest BCUT2D eigenvalue weighted by molar-refractivity contribution is 0.456. The van der Waals surface area contributed by atoms with E-state index in [-0.39, 0.29) is 0 Å². The van der Waals surface area contributed by atoms with E-state index in [2.05, 4.69) is 15.5 Å². The van der Waals surface area contributed by atoms with Gasteiger partial charge in [0.1, 0.15) is 0 Å². The summed E-state index contributed by atoms with van der Waals surface area (Å²) < 4.78 is 5.66. The summed E-state index contributed by atoms with van der Waals surface area (Å²) in [5, 5.41) is 8.01. The Morgan fingerprint density at radius 1 is 1.35 bits per heavy atom. The molecule has 0 saturated carbocycles. The van der Waals surface area contributed by atoms with Crippen molar-refractivity contribution in [3.63, 3.8) is 0 Å². The lowest BCUT2D eigenvalue weighted by atomic mass is 10.2. The molecule has 0 amide bonds. The Balaban J connectivity index is 1.76. The average molecular weight is 266 g/mol. The first-order chi connectivity index (χ1) is 8.31. The first-order valence-corrected chi connectivity index (χ1v) is 6.19. The SMILES string of the molecule is Clc1ncc(CNc2ccc3cnoc3c2)s1. The van der Waals surface area contributed by atoms with Gasteiger partial charge in [0.05, 0.1) is 12.7 Å². The number of nitrogens with one attached hydrogen (secondary N) is 1. The molecule has 0 unspecified atom stereocenters. The zero-order valence-electron chi connectivity index (χ0n) is 8.68. The van der Waals surface area contributed by atoms with Gasteiger partial charge >= 0.3 is 0 Å². The third-order valence-corrected chi connectivity index (χ3v) is 3.46. The maximum Gasteiger partial charge on any atom is 0.183 e. The normalized spacial score (nSPS) is 10.9. The van der Waals surface area contributed by atoms with Crippen LogP contribution in [0.2, 0.25) is 4.47 Å². The Morgan fingerprint density at radius 2 is 2.29 bits per heavy atom. The van der Waals surface area contributed by atoms with Crippen molar-refractivity contribution in [1.82, 2.24) is 10.1 Å². The van der Waals surface area contributed by atoms with E-state index in [0.717, 1.165) is 21.5 Å². The fourth-order valence-electron chi connectivity index (χ4n) is 1.52. The van der Waals surface area contributed by atoms with Gasteiger partial charge in [-0.3, -0.25) is 0 Å². The van der Waals surface area contributed by atoms with Gasteiger partial charge in [0.2, 0.25) is 0 Å². The van der Waals surface area contributed by atoms with Crippen molar-refractivity contribution in [2.75, 3.05) is 5.32 Å². The second-order valence-electron chi connectivity index (χ2n) is 3.51. The molecule has 0 spiro atoms. The minimum absolute atomic E-state index is 0.562. The van der Waals surface area contributed by atoms with Crippen molar-refractivity contribution in [2.45, 2.75) is 6.54 Å². The number of aromatic nitrogens is 2. The molecule has 0 fully saturated rings. The molecule has 86 valence electrons. The van der Waals surface area contributed by atoms with Crippen LogP contribution in [-0.4, -0.2) is 10.1 Å². The van der Waals surface area contributed by atoms with Crippen LogP contribution in [0.4, 0.5) is 5.69 Å². The van der Waals surface area contributed by atoms with Gasteiger partial charge in [-0.2, -0.15) is 0 Å². The largest absolute Gasteiger partial charge is 0.380 e. The van der Waals surface area contributed by atoms with Crippen LogP contribution in [0.5, 0.6) is 0 Å².